The van der Waals surface area contributed by atoms with Gasteiger partial charge in [0.25, 0.3) is 5.91 Å². The van der Waals surface area contributed by atoms with E-state index in [0.717, 1.165) is 6.07 Å². The first-order valence-electron chi connectivity index (χ1n) is 6.13. The number of ether oxygens (including phenoxy) is 1. The summed E-state index contributed by atoms with van der Waals surface area (Å²) in [6, 6.07) is 10.2. The van der Waals surface area contributed by atoms with E-state index in [4.69, 9.17) is 9.84 Å². The summed E-state index contributed by atoms with van der Waals surface area (Å²) in [4.78, 5) is 11.9. The first-order valence-corrected chi connectivity index (χ1v) is 6.13. The van der Waals surface area contributed by atoms with Gasteiger partial charge in [-0.3, -0.25) is 4.79 Å². The molecule has 0 saturated heterocycles. The Morgan fingerprint density at radius 3 is 2.80 bits per heavy atom. The van der Waals surface area contributed by atoms with Gasteiger partial charge in [-0.2, -0.15) is 0 Å². The highest BCUT2D eigenvalue weighted by atomic mass is 19.1. The Kier molecular flexibility index (Phi) is 4.20. The predicted molar refractivity (Wildman–Crippen MR) is 73.6 cm³/mol. The summed E-state index contributed by atoms with van der Waals surface area (Å²) < 4.78 is 18.9. The molecule has 1 amide bonds. The van der Waals surface area contributed by atoms with Crippen LogP contribution < -0.4 is 10.1 Å². The van der Waals surface area contributed by atoms with Crippen molar-refractivity contribution in [3.05, 3.63) is 53.8 Å². The number of aromatic hydroxyl groups is 1. The van der Waals surface area contributed by atoms with Crippen molar-refractivity contribution in [2.24, 2.45) is 0 Å². The number of hydrogen-bond acceptors (Lipinski definition) is 3. The second kappa shape index (κ2) is 6.06. The SMILES string of the molecule is CCOc1cccc(NC(=O)c2ccc(O)cc2F)c1. The van der Waals surface area contributed by atoms with Crippen molar-refractivity contribution in [1.29, 1.82) is 0 Å². The molecule has 0 aliphatic rings. The molecule has 2 N–H and O–H groups in total. The van der Waals surface area contributed by atoms with Crippen molar-refractivity contribution >= 4 is 11.6 Å². The quantitative estimate of drug-likeness (QED) is 0.901. The van der Waals surface area contributed by atoms with Gasteiger partial charge in [0.15, 0.2) is 0 Å². The Labute approximate surface area is 115 Å². The zero-order valence-corrected chi connectivity index (χ0v) is 10.9. The van der Waals surface area contributed by atoms with Crippen LogP contribution in [0.5, 0.6) is 11.5 Å². The second-order valence-electron chi connectivity index (χ2n) is 4.08. The van der Waals surface area contributed by atoms with Crippen molar-refractivity contribution in [3.63, 3.8) is 0 Å². The van der Waals surface area contributed by atoms with Crippen LogP contribution in [-0.4, -0.2) is 17.6 Å². The third-order valence-electron chi connectivity index (χ3n) is 2.60. The number of rotatable bonds is 4. The van der Waals surface area contributed by atoms with Crippen molar-refractivity contribution in [2.75, 3.05) is 11.9 Å². The molecule has 0 fully saturated rings. The van der Waals surface area contributed by atoms with Gasteiger partial charge in [0.2, 0.25) is 0 Å². The average molecular weight is 275 g/mol. The van der Waals surface area contributed by atoms with E-state index in [0.29, 0.717) is 18.0 Å². The van der Waals surface area contributed by atoms with E-state index in [9.17, 15) is 9.18 Å². The number of amides is 1. The van der Waals surface area contributed by atoms with E-state index < -0.39 is 11.7 Å². The number of phenolic OH excluding ortho intramolecular Hbond substituents is 1. The molecule has 2 aromatic rings. The first-order chi connectivity index (χ1) is 9.60. The first kappa shape index (κ1) is 13.9. The zero-order chi connectivity index (χ0) is 14.5. The lowest BCUT2D eigenvalue weighted by Crippen LogP contribution is -2.13. The average Bonchev–Trinajstić information content (AvgIpc) is 2.39. The fourth-order valence-electron chi connectivity index (χ4n) is 1.72. The zero-order valence-electron chi connectivity index (χ0n) is 10.9. The number of carbonyl (C=O) groups excluding carboxylic acids is 1. The number of hydrogen-bond donors (Lipinski definition) is 2. The molecule has 104 valence electrons. The highest BCUT2D eigenvalue weighted by Crippen LogP contribution is 2.20. The van der Waals surface area contributed by atoms with Crippen molar-refractivity contribution in [3.8, 4) is 11.5 Å². The van der Waals surface area contributed by atoms with Crippen molar-refractivity contribution in [1.82, 2.24) is 0 Å². The Balaban J connectivity index is 2.17. The summed E-state index contributed by atoms with van der Waals surface area (Å²) in [7, 11) is 0. The number of phenols is 1. The maximum Gasteiger partial charge on any atom is 0.258 e. The molecule has 0 unspecified atom stereocenters. The molecule has 4 nitrogen and oxygen atoms in total. The topological polar surface area (TPSA) is 58.6 Å². The minimum Gasteiger partial charge on any atom is -0.508 e. The van der Waals surface area contributed by atoms with Gasteiger partial charge >= 0.3 is 0 Å². The van der Waals surface area contributed by atoms with Crippen LogP contribution in [0.15, 0.2) is 42.5 Å². The summed E-state index contributed by atoms with van der Waals surface area (Å²) in [6.45, 7) is 2.38. The smallest absolute Gasteiger partial charge is 0.258 e. The predicted octanol–water partition coefficient (Wildman–Crippen LogP) is 3.18. The van der Waals surface area contributed by atoms with Gasteiger partial charge in [-0.25, -0.2) is 4.39 Å². The highest BCUT2D eigenvalue weighted by molar-refractivity contribution is 6.04. The number of anilines is 1. The minimum atomic E-state index is -0.775. The third-order valence-corrected chi connectivity index (χ3v) is 2.60. The fraction of sp³-hybridized carbons (Fsp3) is 0.133. The number of carbonyl (C=O) groups is 1. The van der Waals surface area contributed by atoms with E-state index in [1.807, 2.05) is 6.92 Å². The summed E-state index contributed by atoms with van der Waals surface area (Å²) in [5, 5.41) is 11.7. The molecule has 5 heteroatoms. The summed E-state index contributed by atoms with van der Waals surface area (Å²) in [5.74, 6) is -0.964. The van der Waals surface area contributed by atoms with Gasteiger partial charge in [-0.05, 0) is 31.2 Å². The summed E-state index contributed by atoms with van der Waals surface area (Å²) in [6.07, 6.45) is 0. The molecule has 0 saturated carbocycles. The Morgan fingerprint density at radius 2 is 2.10 bits per heavy atom. The maximum absolute atomic E-state index is 13.6. The van der Waals surface area contributed by atoms with E-state index >= 15 is 0 Å². The molecular formula is C15H14FNO3. The van der Waals surface area contributed by atoms with E-state index in [2.05, 4.69) is 5.32 Å². The fourth-order valence-corrected chi connectivity index (χ4v) is 1.72. The van der Waals surface area contributed by atoms with E-state index in [1.165, 1.54) is 12.1 Å². The van der Waals surface area contributed by atoms with Crippen molar-refractivity contribution in [2.45, 2.75) is 6.92 Å². The van der Waals surface area contributed by atoms with Gasteiger partial charge in [-0.15, -0.1) is 0 Å². The van der Waals surface area contributed by atoms with Crippen LogP contribution in [0.4, 0.5) is 10.1 Å². The molecule has 0 bridgehead atoms. The molecule has 0 spiro atoms. The van der Waals surface area contributed by atoms with Crippen LogP contribution in [0.25, 0.3) is 0 Å². The van der Waals surface area contributed by atoms with Crippen LogP contribution in [0.3, 0.4) is 0 Å². The lowest BCUT2D eigenvalue weighted by molar-refractivity contribution is 0.102. The normalized spacial score (nSPS) is 10.1. The molecule has 0 aliphatic carbocycles. The molecule has 2 aromatic carbocycles. The molecule has 0 radical (unpaired) electrons. The van der Waals surface area contributed by atoms with Gasteiger partial charge < -0.3 is 15.2 Å². The number of halogens is 1. The molecule has 0 atom stereocenters. The van der Waals surface area contributed by atoms with Crippen LogP contribution >= 0.6 is 0 Å². The van der Waals surface area contributed by atoms with Crippen LogP contribution in [-0.2, 0) is 0 Å². The summed E-state index contributed by atoms with van der Waals surface area (Å²) in [5.41, 5.74) is 0.373. The Hall–Kier alpha value is -2.56. The van der Waals surface area contributed by atoms with Gasteiger partial charge in [-0.1, -0.05) is 6.07 Å². The Morgan fingerprint density at radius 1 is 1.30 bits per heavy atom. The molecule has 0 heterocycles. The highest BCUT2D eigenvalue weighted by Gasteiger charge is 2.12. The van der Waals surface area contributed by atoms with E-state index in [-0.39, 0.29) is 11.3 Å². The van der Waals surface area contributed by atoms with E-state index in [1.54, 1.807) is 24.3 Å². The third kappa shape index (κ3) is 3.26. The van der Waals surface area contributed by atoms with Gasteiger partial charge in [0, 0.05) is 17.8 Å². The minimum absolute atomic E-state index is 0.135. The molecule has 0 aromatic heterocycles. The number of nitrogens with one attached hydrogen (secondary N) is 1. The summed E-state index contributed by atoms with van der Waals surface area (Å²) >= 11 is 0. The second-order valence-corrected chi connectivity index (χ2v) is 4.08. The Bertz CT molecular complexity index is 628. The number of benzene rings is 2. The van der Waals surface area contributed by atoms with Crippen LogP contribution in [0, 0.1) is 5.82 Å². The van der Waals surface area contributed by atoms with Gasteiger partial charge in [0.05, 0.1) is 12.2 Å². The molecule has 20 heavy (non-hydrogen) atoms. The lowest BCUT2D eigenvalue weighted by Gasteiger charge is -2.08. The van der Waals surface area contributed by atoms with Crippen molar-refractivity contribution < 1.29 is 19.0 Å². The van der Waals surface area contributed by atoms with Crippen LogP contribution in [0.1, 0.15) is 17.3 Å². The van der Waals surface area contributed by atoms with Crippen LogP contribution in [0.2, 0.25) is 0 Å². The molecular weight excluding hydrogens is 261 g/mol. The largest absolute Gasteiger partial charge is 0.508 e. The molecule has 0 aliphatic heterocycles. The van der Waals surface area contributed by atoms with Gasteiger partial charge in [0.1, 0.15) is 17.3 Å². The lowest BCUT2D eigenvalue weighted by atomic mass is 10.2. The molecule has 2 rings (SSSR count). The monoisotopic (exact) mass is 275 g/mol. The maximum atomic E-state index is 13.6. The standard InChI is InChI=1S/C15H14FNO3/c1-2-20-12-5-3-4-10(8-12)17-15(19)13-7-6-11(18)9-14(13)16/h3-9,18H,2H2,1H3,(H,17,19).